The van der Waals surface area contributed by atoms with Gasteiger partial charge in [-0.15, -0.1) is 0 Å². The molecule has 2 N–H and O–H groups in total. The van der Waals surface area contributed by atoms with Gasteiger partial charge in [-0.25, -0.2) is 0 Å². The predicted molar refractivity (Wildman–Crippen MR) is 48.8 cm³/mol. The van der Waals surface area contributed by atoms with Crippen molar-refractivity contribution in [2.75, 3.05) is 14.2 Å². The number of rotatable bonds is 2. The van der Waals surface area contributed by atoms with Crippen LogP contribution in [0.1, 0.15) is 0 Å². The number of ether oxygens (including phenoxy) is 2. The first kappa shape index (κ1) is 14.3. The van der Waals surface area contributed by atoms with Gasteiger partial charge in [0.15, 0.2) is 0 Å². The van der Waals surface area contributed by atoms with E-state index in [1.807, 2.05) is 0 Å². The van der Waals surface area contributed by atoms with Gasteiger partial charge in [-0.05, 0) is 0 Å². The summed E-state index contributed by atoms with van der Waals surface area (Å²) in [7, 11) is 8.73. The average Bonchev–Trinajstić information content (AvgIpc) is 2.03. The Hall–Kier alpha value is -1.20. The molecule has 0 fully saturated rings. The summed E-state index contributed by atoms with van der Waals surface area (Å²) in [5, 5.41) is 0. The summed E-state index contributed by atoms with van der Waals surface area (Å²) in [6.45, 7) is 0. The fourth-order valence-corrected chi connectivity index (χ4v) is 0.829. The quantitative estimate of drug-likeness (QED) is 0.609. The minimum Gasteiger partial charge on any atom is -0.870 e. The van der Waals surface area contributed by atoms with E-state index in [2.05, 4.69) is 0 Å². The summed E-state index contributed by atoms with van der Waals surface area (Å²) in [6, 6.07) is 5.25. The van der Waals surface area contributed by atoms with E-state index >= 15 is 0 Å². The first-order chi connectivity index (χ1) is 5.26. The molecule has 0 amide bonds. The van der Waals surface area contributed by atoms with Crippen molar-refractivity contribution >= 4 is 13.3 Å². The molecular weight excluding hydrogens is 171 g/mol. The summed E-state index contributed by atoms with van der Waals surface area (Å²) in [6.07, 6.45) is 0. The average molecular weight is 182 g/mol. The van der Waals surface area contributed by atoms with Crippen LogP contribution in [0.25, 0.3) is 0 Å². The van der Waals surface area contributed by atoms with E-state index in [9.17, 15) is 0 Å². The van der Waals surface area contributed by atoms with E-state index in [0.717, 1.165) is 0 Å². The van der Waals surface area contributed by atoms with Crippen molar-refractivity contribution in [1.82, 2.24) is 0 Å². The first-order valence-corrected chi connectivity index (χ1v) is 3.25. The predicted octanol–water partition coefficient (Wildman–Crippen LogP) is 0.144. The first-order valence-electron chi connectivity index (χ1n) is 3.25. The third-order valence-corrected chi connectivity index (χ3v) is 1.37. The second-order valence-electron chi connectivity index (χ2n) is 2.15. The summed E-state index contributed by atoms with van der Waals surface area (Å²) < 4.78 is 9.96. The largest absolute Gasteiger partial charge is 0.870 e. The van der Waals surface area contributed by atoms with E-state index in [-0.39, 0.29) is 11.0 Å². The van der Waals surface area contributed by atoms with Gasteiger partial charge in [0.25, 0.3) is 0 Å². The maximum absolute atomic E-state index is 5.55. The van der Waals surface area contributed by atoms with Crippen LogP contribution in [0.3, 0.4) is 0 Å². The van der Waals surface area contributed by atoms with E-state index in [0.29, 0.717) is 17.0 Å². The molecule has 0 heterocycles. The molecule has 1 rings (SSSR count). The van der Waals surface area contributed by atoms with Crippen molar-refractivity contribution < 1.29 is 20.4 Å². The van der Waals surface area contributed by atoms with Gasteiger partial charge in [0.05, 0.1) is 0 Å². The van der Waals surface area contributed by atoms with Crippen LogP contribution in [-0.4, -0.2) is 33.0 Å². The van der Waals surface area contributed by atoms with Gasteiger partial charge in [-0.1, -0.05) is 0 Å². The topological polar surface area (TPSA) is 78.5 Å². The molecule has 0 unspecified atom stereocenters. The van der Waals surface area contributed by atoms with Gasteiger partial charge in [-0.3, -0.25) is 0 Å². The molecule has 70 valence electrons. The molecule has 0 aliphatic carbocycles. The molecule has 0 saturated carbocycles. The van der Waals surface area contributed by atoms with Crippen molar-refractivity contribution in [2.45, 2.75) is 0 Å². The molecule has 0 saturated heterocycles. The standard InChI is InChI=1S/C8H9BO2.2H2O/c1-10-7-3-6(9)4-8(5-7)11-2;;/h3-5H,1-2H3;2*1H2/q+2;;/p-2. The molecule has 0 atom stereocenters. The smallest absolute Gasteiger partial charge is 0.870 e. The van der Waals surface area contributed by atoms with E-state index in [1.165, 1.54) is 0 Å². The molecule has 0 aliphatic rings. The van der Waals surface area contributed by atoms with Gasteiger partial charge in [-0.2, -0.15) is 0 Å². The molecule has 1 aromatic carbocycles. The normalized spacial score (nSPS) is 8.00. The van der Waals surface area contributed by atoms with Crippen molar-refractivity contribution in [3.05, 3.63) is 18.2 Å². The van der Waals surface area contributed by atoms with Gasteiger partial charge in [0, 0.05) is 0 Å². The molecule has 4 nitrogen and oxygen atoms in total. The molecular formula is C8H11BO4. The van der Waals surface area contributed by atoms with Gasteiger partial charge in [0.2, 0.25) is 0 Å². The van der Waals surface area contributed by atoms with Gasteiger partial charge < -0.3 is 11.0 Å². The molecule has 0 spiro atoms. The molecule has 0 aromatic heterocycles. The van der Waals surface area contributed by atoms with E-state index in [1.54, 1.807) is 32.4 Å². The monoisotopic (exact) mass is 182 g/mol. The summed E-state index contributed by atoms with van der Waals surface area (Å²) in [5.41, 5.74) is 0.640. The Morgan fingerprint density at radius 1 is 0.923 bits per heavy atom. The summed E-state index contributed by atoms with van der Waals surface area (Å²) in [5.74, 6) is 1.42. The molecule has 0 aliphatic heterocycles. The zero-order valence-corrected chi connectivity index (χ0v) is 7.52. The molecule has 0 bridgehead atoms. The molecule has 1 aromatic rings. The fourth-order valence-electron chi connectivity index (χ4n) is 0.829. The number of benzene rings is 1. The third kappa shape index (κ3) is 3.82. The second kappa shape index (κ2) is 6.34. The van der Waals surface area contributed by atoms with Crippen molar-refractivity contribution in [2.24, 2.45) is 0 Å². The minimum atomic E-state index is 0. The molecule has 13 heavy (non-hydrogen) atoms. The summed E-state index contributed by atoms with van der Waals surface area (Å²) >= 11 is 0. The van der Waals surface area contributed by atoms with Gasteiger partial charge in [0.1, 0.15) is 0 Å². The Labute approximate surface area is 78.5 Å². The van der Waals surface area contributed by atoms with E-state index < -0.39 is 0 Å². The number of methoxy groups -OCH3 is 2. The Balaban J connectivity index is 0. The van der Waals surface area contributed by atoms with Crippen LogP contribution in [0.4, 0.5) is 0 Å². The van der Waals surface area contributed by atoms with Crippen LogP contribution in [0, 0.1) is 0 Å². The van der Waals surface area contributed by atoms with Crippen LogP contribution in [0.2, 0.25) is 0 Å². The van der Waals surface area contributed by atoms with Crippen LogP contribution in [0.5, 0.6) is 11.5 Å². The Bertz CT molecular complexity index is 230. The van der Waals surface area contributed by atoms with Crippen LogP contribution in [0.15, 0.2) is 18.2 Å². The van der Waals surface area contributed by atoms with Crippen molar-refractivity contribution in [3.8, 4) is 11.5 Å². The minimum absolute atomic E-state index is 0. The van der Waals surface area contributed by atoms with Crippen LogP contribution >= 0.6 is 0 Å². The van der Waals surface area contributed by atoms with Crippen LogP contribution in [-0.2, 0) is 0 Å². The van der Waals surface area contributed by atoms with Crippen LogP contribution < -0.4 is 14.9 Å². The fraction of sp³-hybridized carbons (Fsp3) is 0.250. The Kier molecular flexibility index (Phi) is 6.99. The van der Waals surface area contributed by atoms with Crippen molar-refractivity contribution in [3.63, 3.8) is 0 Å². The third-order valence-electron chi connectivity index (χ3n) is 1.37. The maximum Gasteiger partial charge on any atom is -0.870 e. The SMILES string of the molecule is [B+2]c1cc(OC)cc(OC)c1.[OH-].[OH-]. The molecule has 0 radical (unpaired) electrons. The number of hydrogen-bond donors (Lipinski definition) is 0. The second-order valence-corrected chi connectivity index (χ2v) is 2.15. The zero-order chi connectivity index (χ0) is 8.27. The Morgan fingerprint density at radius 3 is 1.62 bits per heavy atom. The van der Waals surface area contributed by atoms with E-state index in [4.69, 9.17) is 17.3 Å². The maximum atomic E-state index is 5.55. The van der Waals surface area contributed by atoms with Crippen molar-refractivity contribution in [1.29, 1.82) is 0 Å². The number of hydrogen-bond acceptors (Lipinski definition) is 4. The molecule has 5 heteroatoms. The van der Waals surface area contributed by atoms with Gasteiger partial charge >= 0.3 is 66.7 Å². The Morgan fingerprint density at radius 2 is 1.31 bits per heavy atom. The zero-order valence-electron chi connectivity index (χ0n) is 7.52. The summed E-state index contributed by atoms with van der Waals surface area (Å²) in [4.78, 5) is 0.